The summed E-state index contributed by atoms with van der Waals surface area (Å²) in [6.45, 7) is 0. The summed E-state index contributed by atoms with van der Waals surface area (Å²) in [5.74, 6) is -1.70. The van der Waals surface area contributed by atoms with Gasteiger partial charge in [-0.2, -0.15) is 0 Å². The number of carbonyl (C=O) groups is 1. The molecule has 3 N–H and O–H groups in total. The van der Waals surface area contributed by atoms with Gasteiger partial charge in [0, 0.05) is 11.6 Å². The Kier molecular flexibility index (Phi) is 2.54. The van der Waals surface area contributed by atoms with E-state index in [0.717, 1.165) is 6.08 Å². The van der Waals surface area contributed by atoms with Crippen molar-refractivity contribution >= 4 is 12.0 Å². The number of benzene rings is 1. The maximum atomic E-state index is 10.1. The SMILES string of the molecule is O=C(O)/C=C/c1cccc(O)c1O. The molecular weight excluding hydrogens is 172 g/mol. The van der Waals surface area contributed by atoms with Gasteiger partial charge in [-0.25, -0.2) is 4.79 Å². The number of aromatic hydroxyl groups is 2. The quantitative estimate of drug-likeness (QED) is 0.472. The van der Waals surface area contributed by atoms with Crippen molar-refractivity contribution in [2.45, 2.75) is 0 Å². The van der Waals surface area contributed by atoms with E-state index in [4.69, 9.17) is 10.2 Å². The van der Waals surface area contributed by atoms with Crippen molar-refractivity contribution in [2.24, 2.45) is 0 Å². The van der Waals surface area contributed by atoms with Crippen LogP contribution in [0.25, 0.3) is 6.08 Å². The summed E-state index contributed by atoms with van der Waals surface area (Å²) >= 11 is 0. The van der Waals surface area contributed by atoms with E-state index >= 15 is 0 Å². The standard InChI is InChI=1S/C9H8O4/c10-7-3-1-2-6(9(7)13)4-5-8(11)12/h1-5,10,13H,(H,11,12)/b5-4+. The van der Waals surface area contributed by atoms with E-state index in [0.29, 0.717) is 0 Å². The van der Waals surface area contributed by atoms with Gasteiger partial charge in [-0.3, -0.25) is 0 Å². The molecule has 4 heteroatoms. The molecule has 1 aromatic carbocycles. The van der Waals surface area contributed by atoms with E-state index in [1.165, 1.54) is 24.3 Å². The van der Waals surface area contributed by atoms with Crippen LogP contribution in [0.5, 0.6) is 11.5 Å². The van der Waals surface area contributed by atoms with E-state index in [9.17, 15) is 9.90 Å². The van der Waals surface area contributed by atoms with Crippen molar-refractivity contribution in [3.63, 3.8) is 0 Å². The third kappa shape index (κ3) is 2.23. The first-order valence-electron chi connectivity index (χ1n) is 3.53. The highest BCUT2D eigenvalue weighted by atomic mass is 16.4. The molecule has 0 spiro atoms. The van der Waals surface area contributed by atoms with Gasteiger partial charge in [0.1, 0.15) is 0 Å². The Labute approximate surface area is 74.4 Å². The van der Waals surface area contributed by atoms with E-state index in [-0.39, 0.29) is 17.1 Å². The molecule has 68 valence electrons. The van der Waals surface area contributed by atoms with Crippen molar-refractivity contribution in [3.8, 4) is 11.5 Å². The fraction of sp³-hybridized carbons (Fsp3) is 0. The summed E-state index contributed by atoms with van der Waals surface area (Å²) in [5, 5.41) is 26.6. The first-order chi connectivity index (χ1) is 6.11. The van der Waals surface area contributed by atoms with Crippen molar-refractivity contribution in [1.82, 2.24) is 0 Å². The number of phenols is 2. The predicted octanol–water partition coefficient (Wildman–Crippen LogP) is 1.20. The minimum atomic E-state index is -1.11. The molecular formula is C9H8O4. The summed E-state index contributed by atoms with van der Waals surface area (Å²) in [7, 11) is 0. The third-order valence-electron chi connectivity index (χ3n) is 1.45. The van der Waals surface area contributed by atoms with Crippen LogP contribution < -0.4 is 0 Å². The smallest absolute Gasteiger partial charge is 0.328 e. The summed E-state index contributed by atoms with van der Waals surface area (Å²) < 4.78 is 0. The number of rotatable bonds is 2. The second-order valence-electron chi connectivity index (χ2n) is 2.39. The van der Waals surface area contributed by atoms with Gasteiger partial charge in [-0.05, 0) is 12.1 Å². The Bertz CT molecular complexity index is 355. The maximum Gasteiger partial charge on any atom is 0.328 e. The first kappa shape index (κ1) is 9.12. The molecule has 1 aromatic rings. The van der Waals surface area contributed by atoms with Crippen molar-refractivity contribution in [1.29, 1.82) is 0 Å². The number of aliphatic carboxylic acids is 1. The fourth-order valence-corrected chi connectivity index (χ4v) is 0.844. The minimum absolute atomic E-state index is 0.266. The van der Waals surface area contributed by atoms with Crippen LogP contribution in [0, 0.1) is 0 Å². The van der Waals surface area contributed by atoms with E-state index in [1.807, 2.05) is 0 Å². The van der Waals surface area contributed by atoms with E-state index in [1.54, 1.807) is 0 Å². The largest absolute Gasteiger partial charge is 0.504 e. The Hall–Kier alpha value is -1.97. The molecule has 0 unspecified atom stereocenters. The summed E-state index contributed by atoms with van der Waals surface area (Å²) in [6, 6.07) is 4.32. The molecule has 0 aliphatic rings. The highest BCUT2D eigenvalue weighted by Crippen LogP contribution is 2.28. The number of hydrogen-bond acceptors (Lipinski definition) is 3. The highest BCUT2D eigenvalue weighted by molar-refractivity contribution is 5.86. The lowest BCUT2D eigenvalue weighted by Crippen LogP contribution is -1.85. The molecule has 0 heterocycles. The van der Waals surface area contributed by atoms with Crippen molar-refractivity contribution < 1.29 is 20.1 Å². The Morgan fingerprint density at radius 1 is 1.31 bits per heavy atom. The van der Waals surface area contributed by atoms with Crippen LogP contribution in [0.15, 0.2) is 24.3 Å². The van der Waals surface area contributed by atoms with Crippen LogP contribution >= 0.6 is 0 Å². The Balaban J connectivity index is 3.02. The molecule has 0 radical (unpaired) electrons. The molecule has 0 aromatic heterocycles. The molecule has 0 atom stereocenters. The summed E-state index contributed by atoms with van der Waals surface area (Å²) in [5.41, 5.74) is 0.266. The van der Waals surface area contributed by atoms with Crippen LogP contribution in [-0.2, 0) is 4.79 Å². The Morgan fingerprint density at radius 2 is 2.00 bits per heavy atom. The van der Waals surface area contributed by atoms with Crippen molar-refractivity contribution in [3.05, 3.63) is 29.8 Å². The monoisotopic (exact) mass is 180 g/mol. The third-order valence-corrected chi connectivity index (χ3v) is 1.45. The minimum Gasteiger partial charge on any atom is -0.504 e. The molecule has 0 aliphatic carbocycles. The molecule has 1 rings (SSSR count). The van der Waals surface area contributed by atoms with E-state index in [2.05, 4.69) is 0 Å². The van der Waals surface area contributed by atoms with Gasteiger partial charge < -0.3 is 15.3 Å². The van der Waals surface area contributed by atoms with Gasteiger partial charge >= 0.3 is 5.97 Å². The fourth-order valence-electron chi connectivity index (χ4n) is 0.844. The average Bonchev–Trinajstić information content (AvgIpc) is 2.07. The molecule has 0 amide bonds. The van der Waals surface area contributed by atoms with Gasteiger partial charge in [0.05, 0.1) is 0 Å². The summed E-state index contributed by atoms with van der Waals surface area (Å²) in [4.78, 5) is 10.1. The summed E-state index contributed by atoms with van der Waals surface area (Å²) in [6.07, 6.45) is 2.09. The van der Waals surface area contributed by atoms with Gasteiger partial charge in [0.25, 0.3) is 0 Å². The molecule has 0 aliphatic heterocycles. The molecule has 0 saturated heterocycles. The van der Waals surface area contributed by atoms with Gasteiger partial charge in [0.2, 0.25) is 0 Å². The lowest BCUT2D eigenvalue weighted by Gasteiger charge is -1.99. The second kappa shape index (κ2) is 3.62. The molecule has 13 heavy (non-hydrogen) atoms. The molecule has 0 fully saturated rings. The normalized spacial score (nSPS) is 10.5. The van der Waals surface area contributed by atoms with Crippen molar-refractivity contribution in [2.75, 3.05) is 0 Å². The zero-order chi connectivity index (χ0) is 9.84. The van der Waals surface area contributed by atoms with Crippen LogP contribution in [0.3, 0.4) is 0 Å². The number of hydrogen-bond donors (Lipinski definition) is 3. The zero-order valence-corrected chi connectivity index (χ0v) is 6.64. The van der Waals surface area contributed by atoms with Crippen LogP contribution in [-0.4, -0.2) is 21.3 Å². The topological polar surface area (TPSA) is 77.8 Å². The predicted molar refractivity (Wildman–Crippen MR) is 46.4 cm³/mol. The number of carboxylic acid groups (broad SMARTS) is 1. The average molecular weight is 180 g/mol. The molecule has 0 saturated carbocycles. The van der Waals surface area contributed by atoms with Gasteiger partial charge in [0.15, 0.2) is 11.5 Å². The molecule has 4 nitrogen and oxygen atoms in total. The lowest BCUT2D eigenvalue weighted by atomic mass is 10.2. The maximum absolute atomic E-state index is 10.1. The first-order valence-corrected chi connectivity index (χ1v) is 3.53. The molecule has 0 bridgehead atoms. The van der Waals surface area contributed by atoms with E-state index < -0.39 is 5.97 Å². The number of phenolic OH excluding ortho intramolecular Hbond substituents is 2. The lowest BCUT2D eigenvalue weighted by molar-refractivity contribution is -0.131. The van der Waals surface area contributed by atoms with Crippen LogP contribution in [0.4, 0.5) is 0 Å². The number of carboxylic acids is 1. The van der Waals surface area contributed by atoms with Crippen LogP contribution in [0.1, 0.15) is 5.56 Å². The highest BCUT2D eigenvalue weighted by Gasteiger charge is 2.02. The Morgan fingerprint density at radius 3 is 2.62 bits per heavy atom. The van der Waals surface area contributed by atoms with Gasteiger partial charge in [-0.15, -0.1) is 0 Å². The zero-order valence-electron chi connectivity index (χ0n) is 6.64. The van der Waals surface area contributed by atoms with Crippen LogP contribution in [0.2, 0.25) is 0 Å². The number of para-hydroxylation sites is 1. The van der Waals surface area contributed by atoms with Gasteiger partial charge in [-0.1, -0.05) is 12.1 Å². The second-order valence-corrected chi connectivity index (χ2v) is 2.39.